The van der Waals surface area contributed by atoms with Gasteiger partial charge < -0.3 is 10.1 Å². The van der Waals surface area contributed by atoms with Gasteiger partial charge in [-0.15, -0.1) is 13.2 Å². The average molecular weight is 290 g/mol. The van der Waals surface area contributed by atoms with Crippen molar-refractivity contribution in [1.29, 1.82) is 0 Å². The summed E-state index contributed by atoms with van der Waals surface area (Å²) < 4.78 is 39.8. The number of hydrogen-bond acceptors (Lipinski definition) is 3. The van der Waals surface area contributed by atoms with Crippen molar-refractivity contribution in [3.05, 3.63) is 29.8 Å². The number of carbonyl (C=O) groups excluding carboxylic acids is 1. The molecule has 0 spiro atoms. The minimum absolute atomic E-state index is 0.0907. The summed E-state index contributed by atoms with van der Waals surface area (Å²) in [6.45, 7) is 3.09. The van der Waals surface area contributed by atoms with Gasteiger partial charge in [-0.1, -0.05) is 12.1 Å². The van der Waals surface area contributed by atoms with E-state index in [-0.39, 0.29) is 18.2 Å². The second-order valence-electron chi connectivity index (χ2n) is 4.32. The lowest BCUT2D eigenvalue weighted by atomic mass is 10.2. The summed E-state index contributed by atoms with van der Waals surface area (Å²) in [6, 6.07) is 5.58. The van der Waals surface area contributed by atoms with Crippen LogP contribution in [-0.2, 0) is 11.3 Å². The number of amides is 1. The van der Waals surface area contributed by atoms with Crippen molar-refractivity contribution in [2.45, 2.75) is 19.8 Å². The molecule has 7 heteroatoms. The predicted molar refractivity (Wildman–Crippen MR) is 68.1 cm³/mol. The van der Waals surface area contributed by atoms with Crippen LogP contribution in [0.15, 0.2) is 24.3 Å². The van der Waals surface area contributed by atoms with Gasteiger partial charge in [0.05, 0.1) is 6.54 Å². The van der Waals surface area contributed by atoms with Gasteiger partial charge in [-0.05, 0) is 31.7 Å². The fraction of sp³-hybridized carbons (Fsp3) is 0.462. The molecule has 1 amide bonds. The van der Waals surface area contributed by atoms with Crippen LogP contribution in [0.4, 0.5) is 13.2 Å². The Hall–Kier alpha value is -1.76. The molecule has 1 aromatic rings. The van der Waals surface area contributed by atoms with E-state index < -0.39 is 6.36 Å². The number of halogens is 3. The minimum Gasteiger partial charge on any atom is -0.406 e. The van der Waals surface area contributed by atoms with Crippen LogP contribution in [-0.4, -0.2) is 37.3 Å². The molecule has 1 N–H and O–H groups in total. The summed E-state index contributed by atoms with van der Waals surface area (Å²) in [5.74, 6) is -0.348. The number of hydrogen-bond donors (Lipinski definition) is 1. The van der Waals surface area contributed by atoms with E-state index in [9.17, 15) is 18.0 Å². The van der Waals surface area contributed by atoms with Crippen LogP contribution >= 0.6 is 0 Å². The maximum absolute atomic E-state index is 12.0. The molecule has 0 bridgehead atoms. The van der Waals surface area contributed by atoms with E-state index in [0.29, 0.717) is 13.1 Å². The Labute approximate surface area is 115 Å². The maximum Gasteiger partial charge on any atom is 0.573 e. The Morgan fingerprint density at radius 1 is 1.30 bits per heavy atom. The first-order valence-corrected chi connectivity index (χ1v) is 6.10. The van der Waals surface area contributed by atoms with Gasteiger partial charge in [0, 0.05) is 13.1 Å². The Kier molecular flexibility index (Phi) is 5.82. The smallest absolute Gasteiger partial charge is 0.406 e. The SMILES string of the molecule is CCNC(=O)CN(C)Cc1ccc(OC(F)(F)F)cc1. The maximum atomic E-state index is 12.0. The lowest BCUT2D eigenvalue weighted by Crippen LogP contribution is -2.34. The Morgan fingerprint density at radius 2 is 1.90 bits per heavy atom. The molecule has 0 aromatic heterocycles. The van der Waals surface area contributed by atoms with Crippen molar-refractivity contribution < 1.29 is 22.7 Å². The summed E-state index contributed by atoms with van der Waals surface area (Å²) in [5, 5.41) is 2.67. The van der Waals surface area contributed by atoms with Crippen molar-refractivity contribution >= 4 is 5.91 Å². The molecule has 0 atom stereocenters. The summed E-state index contributed by atoms with van der Waals surface area (Å²) in [4.78, 5) is 13.1. The molecule has 1 rings (SSSR count). The van der Waals surface area contributed by atoms with Crippen molar-refractivity contribution in [3.8, 4) is 5.75 Å². The third kappa shape index (κ3) is 6.42. The number of ether oxygens (including phenoxy) is 1. The van der Waals surface area contributed by atoms with Gasteiger partial charge in [-0.2, -0.15) is 0 Å². The van der Waals surface area contributed by atoms with E-state index in [4.69, 9.17) is 0 Å². The first kappa shape index (κ1) is 16.3. The van der Waals surface area contributed by atoms with Crippen LogP contribution in [0.1, 0.15) is 12.5 Å². The fourth-order valence-corrected chi connectivity index (χ4v) is 1.66. The number of alkyl halides is 3. The van der Waals surface area contributed by atoms with E-state index >= 15 is 0 Å². The molecule has 0 fully saturated rings. The molecule has 0 aliphatic heterocycles. The molecule has 0 radical (unpaired) electrons. The molecule has 0 heterocycles. The van der Waals surface area contributed by atoms with E-state index in [0.717, 1.165) is 5.56 Å². The van der Waals surface area contributed by atoms with E-state index in [1.165, 1.54) is 24.3 Å². The molecule has 0 saturated carbocycles. The number of nitrogens with zero attached hydrogens (tertiary/aromatic N) is 1. The lowest BCUT2D eigenvalue weighted by molar-refractivity contribution is -0.274. The Morgan fingerprint density at radius 3 is 2.40 bits per heavy atom. The van der Waals surface area contributed by atoms with Gasteiger partial charge in [0.25, 0.3) is 0 Å². The average Bonchev–Trinajstić information content (AvgIpc) is 2.30. The normalized spacial score (nSPS) is 11.5. The van der Waals surface area contributed by atoms with Crippen LogP contribution in [0, 0.1) is 0 Å². The highest BCUT2D eigenvalue weighted by Crippen LogP contribution is 2.22. The number of likely N-dealkylation sites (N-methyl/N-ethyl adjacent to an activating group) is 2. The zero-order valence-corrected chi connectivity index (χ0v) is 11.3. The molecular weight excluding hydrogens is 273 g/mol. The topological polar surface area (TPSA) is 41.6 Å². The zero-order chi connectivity index (χ0) is 15.2. The molecule has 0 unspecified atom stereocenters. The van der Waals surface area contributed by atoms with Gasteiger partial charge in [0.1, 0.15) is 5.75 Å². The first-order chi connectivity index (χ1) is 9.30. The van der Waals surface area contributed by atoms with E-state index in [1.54, 1.807) is 11.9 Å². The van der Waals surface area contributed by atoms with Crippen molar-refractivity contribution in [2.75, 3.05) is 20.1 Å². The second kappa shape index (κ2) is 7.14. The standard InChI is InChI=1S/C13H17F3N2O2/c1-3-17-12(19)9-18(2)8-10-4-6-11(7-5-10)20-13(14,15)16/h4-7H,3,8-9H2,1-2H3,(H,17,19). The van der Waals surface area contributed by atoms with Crippen molar-refractivity contribution in [2.24, 2.45) is 0 Å². The molecule has 0 aliphatic carbocycles. The Bertz CT molecular complexity index is 432. The molecule has 1 aromatic carbocycles. The number of carbonyl (C=O) groups is 1. The van der Waals surface area contributed by atoms with Crippen LogP contribution in [0.3, 0.4) is 0 Å². The molecular formula is C13H17F3N2O2. The highest BCUT2D eigenvalue weighted by molar-refractivity contribution is 5.77. The zero-order valence-electron chi connectivity index (χ0n) is 11.3. The lowest BCUT2D eigenvalue weighted by Gasteiger charge is -2.16. The van der Waals surface area contributed by atoms with Gasteiger partial charge >= 0.3 is 6.36 Å². The molecule has 20 heavy (non-hydrogen) atoms. The summed E-state index contributed by atoms with van der Waals surface area (Å²) in [5.41, 5.74) is 0.798. The highest BCUT2D eigenvalue weighted by Gasteiger charge is 2.30. The first-order valence-electron chi connectivity index (χ1n) is 6.10. The quantitative estimate of drug-likeness (QED) is 0.873. The van der Waals surface area contributed by atoms with Crippen molar-refractivity contribution in [3.63, 3.8) is 0 Å². The summed E-state index contributed by atoms with van der Waals surface area (Å²) >= 11 is 0. The summed E-state index contributed by atoms with van der Waals surface area (Å²) in [6.07, 6.45) is -4.68. The van der Waals surface area contributed by atoms with Gasteiger partial charge in [-0.3, -0.25) is 9.69 Å². The van der Waals surface area contributed by atoms with Crippen LogP contribution in [0.5, 0.6) is 5.75 Å². The number of rotatable bonds is 6. The van der Waals surface area contributed by atoms with Crippen LogP contribution in [0.25, 0.3) is 0 Å². The van der Waals surface area contributed by atoms with Crippen LogP contribution < -0.4 is 10.1 Å². The third-order valence-electron chi connectivity index (χ3n) is 2.40. The van der Waals surface area contributed by atoms with E-state index in [2.05, 4.69) is 10.1 Å². The van der Waals surface area contributed by atoms with Gasteiger partial charge in [-0.25, -0.2) is 0 Å². The number of benzene rings is 1. The summed E-state index contributed by atoms with van der Waals surface area (Å²) in [7, 11) is 1.76. The molecule has 0 aliphatic rings. The van der Waals surface area contributed by atoms with E-state index in [1.807, 2.05) is 6.92 Å². The Balaban J connectivity index is 2.50. The second-order valence-corrected chi connectivity index (χ2v) is 4.32. The molecule has 112 valence electrons. The van der Waals surface area contributed by atoms with Crippen molar-refractivity contribution in [1.82, 2.24) is 10.2 Å². The fourth-order valence-electron chi connectivity index (χ4n) is 1.66. The molecule has 4 nitrogen and oxygen atoms in total. The highest BCUT2D eigenvalue weighted by atomic mass is 19.4. The van der Waals surface area contributed by atoms with Crippen LogP contribution in [0.2, 0.25) is 0 Å². The van der Waals surface area contributed by atoms with Gasteiger partial charge in [0.2, 0.25) is 5.91 Å². The predicted octanol–water partition coefficient (Wildman–Crippen LogP) is 2.15. The number of nitrogens with one attached hydrogen (secondary N) is 1. The minimum atomic E-state index is -4.68. The largest absolute Gasteiger partial charge is 0.573 e. The molecule has 0 saturated heterocycles. The third-order valence-corrected chi connectivity index (χ3v) is 2.40. The van der Waals surface area contributed by atoms with Gasteiger partial charge in [0.15, 0.2) is 0 Å². The monoisotopic (exact) mass is 290 g/mol.